The minimum atomic E-state index is 0.500. The van der Waals surface area contributed by atoms with Crippen LogP contribution in [0.2, 0.25) is 0 Å². The molecule has 0 radical (unpaired) electrons. The molecule has 1 aromatic heterocycles. The van der Waals surface area contributed by atoms with Crippen molar-refractivity contribution < 1.29 is 0 Å². The van der Waals surface area contributed by atoms with Gasteiger partial charge >= 0.3 is 0 Å². The van der Waals surface area contributed by atoms with Crippen LogP contribution in [-0.2, 0) is 6.42 Å². The average molecular weight is 286 g/mol. The van der Waals surface area contributed by atoms with Crippen molar-refractivity contribution in [3.05, 3.63) is 47.0 Å². The third kappa shape index (κ3) is 3.23. The van der Waals surface area contributed by atoms with Gasteiger partial charge in [-0.15, -0.1) is 10.2 Å². The molecule has 1 aliphatic rings. The summed E-state index contributed by atoms with van der Waals surface area (Å²) in [6, 6.07) is 11.1. The van der Waals surface area contributed by atoms with Crippen LogP contribution >= 0.6 is 11.3 Å². The molecule has 0 saturated carbocycles. The van der Waals surface area contributed by atoms with Crippen molar-refractivity contribution in [1.29, 1.82) is 0 Å². The van der Waals surface area contributed by atoms with Crippen LogP contribution in [0.3, 0.4) is 0 Å². The van der Waals surface area contributed by atoms with Gasteiger partial charge in [-0.2, -0.15) is 0 Å². The Hall–Kier alpha value is -1.72. The number of hydrogen-bond acceptors (Lipinski definition) is 5. The number of aromatic nitrogens is 2. The standard InChI is InChI=1S/C15H18N4S/c16-15-19-18-14(20-15)7-6-13-10-12(8-9-17-13)11-4-2-1-3-5-11/h1-5,8,13,17H,6-7,9-10H2,(H2,16,19). The first-order valence-electron chi connectivity index (χ1n) is 6.87. The molecule has 20 heavy (non-hydrogen) atoms. The molecule has 0 bridgehead atoms. The first-order chi connectivity index (χ1) is 9.81. The summed E-state index contributed by atoms with van der Waals surface area (Å²) < 4.78 is 0. The maximum absolute atomic E-state index is 5.61. The summed E-state index contributed by atoms with van der Waals surface area (Å²) in [5.41, 5.74) is 8.37. The second-order valence-corrected chi connectivity index (χ2v) is 6.07. The summed E-state index contributed by atoms with van der Waals surface area (Å²) in [5.74, 6) is 0. The van der Waals surface area contributed by atoms with Crippen LogP contribution < -0.4 is 11.1 Å². The Kier molecular flexibility index (Phi) is 4.08. The summed E-state index contributed by atoms with van der Waals surface area (Å²) in [4.78, 5) is 0. The highest BCUT2D eigenvalue weighted by atomic mass is 32.1. The van der Waals surface area contributed by atoms with E-state index in [1.807, 2.05) is 0 Å². The number of nitrogen functional groups attached to an aromatic ring is 1. The molecule has 1 unspecified atom stereocenters. The number of nitrogens with two attached hydrogens (primary N) is 1. The topological polar surface area (TPSA) is 63.8 Å². The van der Waals surface area contributed by atoms with Crippen molar-refractivity contribution in [1.82, 2.24) is 15.5 Å². The van der Waals surface area contributed by atoms with Gasteiger partial charge in [0.15, 0.2) is 0 Å². The highest BCUT2D eigenvalue weighted by Gasteiger charge is 2.16. The fourth-order valence-electron chi connectivity index (χ4n) is 2.53. The van der Waals surface area contributed by atoms with E-state index in [1.165, 1.54) is 22.5 Å². The van der Waals surface area contributed by atoms with Crippen LogP contribution in [0, 0.1) is 0 Å². The highest BCUT2D eigenvalue weighted by Crippen LogP contribution is 2.24. The van der Waals surface area contributed by atoms with E-state index in [-0.39, 0.29) is 0 Å². The maximum atomic E-state index is 5.61. The summed E-state index contributed by atoms with van der Waals surface area (Å²) >= 11 is 1.49. The number of rotatable bonds is 4. The molecule has 3 rings (SSSR count). The lowest BCUT2D eigenvalue weighted by atomic mass is 9.93. The van der Waals surface area contributed by atoms with Crippen LogP contribution in [0.1, 0.15) is 23.4 Å². The molecule has 0 spiro atoms. The van der Waals surface area contributed by atoms with E-state index in [0.717, 1.165) is 30.8 Å². The minimum Gasteiger partial charge on any atom is -0.374 e. The third-order valence-electron chi connectivity index (χ3n) is 3.56. The van der Waals surface area contributed by atoms with Gasteiger partial charge in [0.2, 0.25) is 5.13 Å². The second kappa shape index (κ2) is 6.15. The first-order valence-corrected chi connectivity index (χ1v) is 7.68. The first kappa shape index (κ1) is 13.3. The fraction of sp³-hybridized carbons (Fsp3) is 0.333. The van der Waals surface area contributed by atoms with Gasteiger partial charge in [-0.1, -0.05) is 47.7 Å². The Morgan fingerprint density at radius 3 is 2.85 bits per heavy atom. The summed E-state index contributed by atoms with van der Waals surface area (Å²) in [5, 5.41) is 13.1. The molecule has 0 aliphatic carbocycles. The van der Waals surface area contributed by atoms with Crippen molar-refractivity contribution in [2.45, 2.75) is 25.3 Å². The molecule has 1 atom stereocenters. The van der Waals surface area contributed by atoms with Crippen LogP contribution in [0.4, 0.5) is 5.13 Å². The lowest BCUT2D eigenvalue weighted by molar-refractivity contribution is 0.500. The zero-order valence-electron chi connectivity index (χ0n) is 11.2. The van der Waals surface area contributed by atoms with E-state index in [9.17, 15) is 0 Å². The molecule has 0 saturated heterocycles. The molecule has 1 aromatic carbocycles. The maximum Gasteiger partial charge on any atom is 0.203 e. The molecule has 0 amide bonds. The van der Waals surface area contributed by atoms with Crippen molar-refractivity contribution in [3.8, 4) is 0 Å². The van der Waals surface area contributed by atoms with Crippen LogP contribution in [-0.4, -0.2) is 22.8 Å². The van der Waals surface area contributed by atoms with Crippen LogP contribution in [0.5, 0.6) is 0 Å². The summed E-state index contributed by atoms with van der Waals surface area (Å²) in [7, 11) is 0. The lowest BCUT2D eigenvalue weighted by Gasteiger charge is -2.24. The summed E-state index contributed by atoms with van der Waals surface area (Å²) in [6.07, 6.45) is 5.36. The quantitative estimate of drug-likeness (QED) is 0.906. The van der Waals surface area contributed by atoms with E-state index < -0.39 is 0 Å². The van der Waals surface area contributed by atoms with E-state index >= 15 is 0 Å². The van der Waals surface area contributed by atoms with E-state index in [2.05, 4.69) is 51.9 Å². The number of nitrogens with zero attached hydrogens (tertiary/aromatic N) is 2. The normalized spacial score (nSPS) is 18.8. The molecule has 5 heteroatoms. The molecule has 104 valence electrons. The van der Waals surface area contributed by atoms with E-state index in [1.54, 1.807) is 0 Å². The third-order valence-corrected chi connectivity index (χ3v) is 4.37. The number of nitrogens with one attached hydrogen (secondary N) is 1. The largest absolute Gasteiger partial charge is 0.374 e. The molecule has 3 N–H and O–H groups in total. The van der Waals surface area contributed by atoms with E-state index in [4.69, 9.17) is 5.73 Å². The van der Waals surface area contributed by atoms with Gasteiger partial charge in [-0.3, -0.25) is 0 Å². The minimum absolute atomic E-state index is 0.500. The van der Waals surface area contributed by atoms with Gasteiger partial charge in [0, 0.05) is 19.0 Å². The van der Waals surface area contributed by atoms with E-state index in [0.29, 0.717) is 11.2 Å². The van der Waals surface area contributed by atoms with Crippen molar-refractivity contribution in [2.24, 2.45) is 0 Å². The zero-order valence-corrected chi connectivity index (χ0v) is 12.1. The van der Waals surface area contributed by atoms with Crippen molar-refractivity contribution in [3.63, 3.8) is 0 Å². The van der Waals surface area contributed by atoms with Crippen LogP contribution in [0.25, 0.3) is 5.57 Å². The smallest absolute Gasteiger partial charge is 0.203 e. The molecule has 2 aromatic rings. The van der Waals surface area contributed by atoms with Gasteiger partial charge in [0.05, 0.1) is 0 Å². The van der Waals surface area contributed by atoms with Crippen molar-refractivity contribution in [2.75, 3.05) is 12.3 Å². The molecular formula is C15H18N4S. The molecule has 1 aliphatic heterocycles. The Balaban J connectivity index is 1.59. The predicted octanol–water partition coefficient (Wildman–Crippen LogP) is 2.50. The number of aryl methyl sites for hydroxylation is 1. The second-order valence-electron chi connectivity index (χ2n) is 4.98. The number of benzene rings is 1. The van der Waals surface area contributed by atoms with Crippen LogP contribution in [0.15, 0.2) is 36.4 Å². The van der Waals surface area contributed by atoms with Gasteiger partial charge in [0.1, 0.15) is 5.01 Å². The SMILES string of the molecule is Nc1nnc(CCC2CC(c3ccccc3)=CCN2)s1. The zero-order chi connectivity index (χ0) is 13.8. The Morgan fingerprint density at radius 2 is 2.10 bits per heavy atom. The number of anilines is 1. The Bertz CT molecular complexity index is 591. The van der Waals surface area contributed by atoms with Crippen molar-refractivity contribution >= 4 is 22.0 Å². The monoisotopic (exact) mass is 286 g/mol. The molecule has 0 fully saturated rings. The lowest BCUT2D eigenvalue weighted by Crippen LogP contribution is -2.33. The molecule has 2 heterocycles. The highest BCUT2D eigenvalue weighted by molar-refractivity contribution is 7.15. The number of hydrogen-bond donors (Lipinski definition) is 2. The van der Waals surface area contributed by atoms with Gasteiger partial charge in [-0.25, -0.2) is 0 Å². The van der Waals surface area contributed by atoms with Gasteiger partial charge in [0.25, 0.3) is 0 Å². The molecular weight excluding hydrogens is 268 g/mol. The molecule has 4 nitrogen and oxygen atoms in total. The fourth-order valence-corrected chi connectivity index (χ4v) is 3.15. The predicted molar refractivity (Wildman–Crippen MR) is 83.5 cm³/mol. The van der Waals surface area contributed by atoms with Gasteiger partial charge in [-0.05, 0) is 24.0 Å². The summed E-state index contributed by atoms with van der Waals surface area (Å²) in [6.45, 7) is 0.938. The average Bonchev–Trinajstić information content (AvgIpc) is 2.92. The Morgan fingerprint density at radius 1 is 1.25 bits per heavy atom. The Labute approximate surface area is 122 Å². The van der Waals surface area contributed by atoms with Gasteiger partial charge < -0.3 is 11.1 Å².